The number of thioether (sulfide) groups is 1. The summed E-state index contributed by atoms with van der Waals surface area (Å²) in [4.78, 5) is 0. The van der Waals surface area contributed by atoms with Crippen LogP contribution in [-0.4, -0.2) is 31.3 Å². The molecule has 3 rings (SSSR count). The van der Waals surface area contributed by atoms with Gasteiger partial charge >= 0.3 is 0 Å². The topological polar surface area (TPSA) is 86.4 Å². The molecule has 1 heterocycles. The van der Waals surface area contributed by atoms with Crippen LogP contribution in [0.2, 0.25) is 0 Å². The number of nitrogens with zero attached hydrogens (tertiary/aromatic N) is 3. The van der Waals surface area contributed by atoms with Crippen LogP contribution in [0.25, 0.3) is 0 Å². The highest BCUT2D eigenvalue weighted by molar-refractivity contribution is 7.97. The van der Waals surface area contributed by atoms with Crippen molar-refractivity contribution >= 4 is 30.2 Å². The molecule has 0 amide bonds. The summed E-state index contributed by atoms with van der Waals surface area (Å²) >= 11 is 7.24. The van der Waals surface area contributed by atoms with Crippen LogP contribution in [0.1, 0.15) is 122 Å². The Bertz CT molecular complexity index is 1420. The van der Waals surface area contributed by atoms with E-state index in [1.165, 1.54) is 5.56 Å². The van der Waals surface area contributed by atoms with Gasteiger partial charge in [0.1, 0.15) is 11.5 Å². The smallest absolute Gasteiger partial charge is 0.216 e. The first kappa shape index (κ1) is 32.9. The molecular formula is C33H48N4O2S2. The van der Waals surface area contributed by atoms with Crippen molar-refractivity contribution in [3.05, 3.63) is 68.2 Å². The predicted octanol–water partition coefficient (Wildman–Crippen LogP) is 8.86. The zero-order valence-electron chi connectivity index (χ0n) is 26.9. The Labute approximate surface area is 255 Å². The van der Waals surface area contributed by atoms with E-state index in [1.54, 1.807) is 22.7 Å². The molecule has 8 heteroatoms. The Morgan fingerprint density at radius 2 is 1.17 bits per heavy atom. The van der Waals surface area contributed by atoms with Crippen molar-refractivity contribution in [2.45, 2.75) is 116 Å². The molecule has 0 aliphatic rings. The summed E-state index contributed by atoms with van der Waals surface area (Å²) in [6.45, 7) is 25.4. The Morgan fingerprint density at radius 1 is 0.756 bits per heavy atom. The van der Waals surface area contributed by atoms with E-state index in [4.69, 9.17) is 17.3 Å². The van der Waals surface area contributed by atoms with Crippen molar-refractivity contribution in [3.8, 4) is 11.5 Å². The van der Waals surface area contributed by atoms with Crippen LogP contribution in [0.4, 0.5) is 0 Å². The van der Waals surface area contributed by atoms with E-state index in [1.807, 2.05) is 12.1 Å². The number of benzene rings is 2. The maximum atomic E-state index is 11.1. The molecule has 1 aromatic heterocycles. The first-order valence-electron chi connectivity index (χ1n) is 14.1. The predicted molar refractivity (Wildman–Crippen MR) is 176 cm³/mol. The van der Waals surface area contributed by atoms with E-state index in [0.717, 1.165) is 39.4 Å². The highest BCUT2D eigenvalue weighted by atomic mass is 32.2. The molecular weight excluding hydrogens is 549 g/mol. The third-order valence-electron chi connectivity index (χ3n) is 7.07. The van der Waals surface area contributed by atoms with Crippen LogP contribution in [0.3, 0.4) is 0 Å². The van der Waals surface area contributed by atoms with Gasteiger partial charge in [-0.15, -0.1) is 11.8 Å². The fourth-order valence-electron chi connectivity index (χ4n) is 4.72. The van der Waals surface area contributed by atoms with Gasteiger partial charge in [-0.05, 0) is 68.3 Å². The van der Waals surface area contributed by atoms with Crippen molar-refractivity contribution < 1.29 is 10.2 Å². The van der Waals surface area contributed by atoms with Gasteiger partial charge < -0.3 is 10.2 Å². The summed E-state index contributed by atoms with van der Waals surface area (Å²) in [6.07, 6.45) is 1.79. The Balaban J connectivity index is 1.90. The molecule has 0 radical (unpaired) electrons. The third-order valence-corrected chi connectivity index (χ3v) is 8.34. The van der Waals surface area contributed by atoms with Crippen molar-refractivity contribution in [2.24, 2.45) is 5.10 Å². The molecule has 3 aromatic rings. The lowest BCUT2D eigenvalue weighted by Crippen LogP contribution is -2.18. The van der Waals surface area contributed by atoms with Gasteiger partial charge in [-0.3, -0.25) is 5.10 Å². The molecule has 0 saturated heterocycles. The second-order valence-corrected chi connectivity index (χ2v) is 16.4. The van der Waals surface area contributed by atoms with Crippen molar-refractivity contribution in [2.75, 3.05) is 0 Å². The van der Waals surface area contributed by atoms with Crippen molar-refractivity contribution in [3.63, 3.8) is 0 Å². The molecule has 0 bridgehead atoms. The zero-order chi connectivity index (χ0) is 31.1. The van der Waals surface area contributed by atoms with E-state index >= 15 is 0 Å². The maximum Gasteiger partial charge on any atom is 0.216 e. The largest absolute Gasteiger partial charge is 0.507 e. The second kappa shape index (κ2) is 11.6. The fraction of sp³-hybridized carbons (Fsp3) is 0.545. The van der Waals surface area contributed by atoms with Gasteiger partial charge in [-0.1, -0.05) is 95.2 Å². The molecule has 224 valence electrons. The summed E-state index contributed by atoms with van der Waals surface area (Å²) < 4.78 is 2.10. The molecule has 0 atom stereocenters. The van der Waals surface area contributed by atoms with Crippen LogP contribution in [0, 0.1) is 4.77 Å². The number of aromatic amines is 1. The Morgan fingerprint density at radius 3 is 1.59 bits per heavy atom. The number of hydrogen-bond acceptors (Lipinski definition) is 6. The maximum absolute atomic E-state index is 11.1. The number of phenolic OH excluding ortho intramolecular Hbond substituents is 2. The lowest BCUT2D eigenvalue weighted by molar-refractivity contribution is 0.422. The van der Waals surface area contributed by atoms with E-state index in [-0.39, 0.29) is 21.7 Å². The van der Waals surface area contributed by atoms with E-state index < -0.39 is 0 Å². The average Bonchev–Trinajstić information content (AvgIpc) is 3.15. The molecule has 0 spiro atoms. The van der Waals surface area contributed by atoms with Gasteiger partial charge in [0.05, 0.1) is 12.0 Å². The molecule has 0 unspecified atom stereocenters. The molecule has 3 N–H and O–H groups in total. The van der Waals surface area contributed by atoms with Crippen LogP contribution in [-0.2, 0) is 33.2 Å². The minimum Gasteiger partial charge on any atom is -0.507 e. The number of rotatable bonds is 6. The Kier molecular flexibility index (Phi) is 9.31. The van der Waals surface area contributed by atoms with Gasteiger partial charge in [-0.2, -0.15) is 14.9 Å². The number of aromatic hydroxyl groups is 2. The zero-order valence-corrected chi connectivity index (χ0v) is 28.5. The molecule has 0 saturated carbocycles. The second-order valence-electron chi connectivity index (χ2n) is 15.0. The summed E-state index contributed by atoms with van der Waals surface area (Å²) in [5, 5.41) is 34.1. The van der Waals surface area contributed by atoms with Gasteiger partial charge in [0, 0.05) is 16.9 Å². The minimum atomic E-state index is -0.227. The fourth-order valence-corrected chi connectivity index (χ4v) is 5.79. The normalized spacial score (nSPS) is 13.4. The van der Waals surface area contributed by atoms with E-state index in [0.29, 0.717) is 22.0 Å². The first-order valence-corrected chi connectivity index (χ1v) is 15.7. The monoisotopic (exact) mass is 596 g/mol. The molecule has 2 aromatic carbocycles. The SMILES string of the molecule is CC(C)(C)c1cc(/C=N/n2c(CSCc3cc(C(C)(C)C)c(O)c(C(C)(C)C)c3)n[nH]c2=S)cc(C(C)(C)C)c1O. The molecule has 41 heavy (non-hydrogen) atoms. The lowest BCUT2D eigenvalue weighted by atomic mass is 9.78. The standard InChI is InChI=1S/C33H48N4O2S2/c1-30(2,3)22-13-20(14-23(27(22)38)31(4,5)6)17-34-37-26(35-36-29(37)40)19-41-18-21-15-24(32(7,8)9)28(39)25(16-21)33(10,11)12/h13-17,38-39H,18-19H2,1-12H3,(H,36,40)/b34-17+. The minimum absolute atomic E-state index is 0.171. The molecule has 0 aliphatic carbocycles. The number of nitrogens with one attached hydrogen (secondary N) is 1. The van der Waals surface area contributed by atoms with Crippen LogP contribution < -0.4 is 0 Å². The van der Waals surface area contributed by atoms with Gasteiger partial charge in [0.2, 0.25) is 4.77 Å². The summed E-state index contributed by atoms with van der Waals surface area (Å²) in [5.41, 5.74) is 4.97. The van der Waals surface area contributed by atoms with E-state index in [9.17, 15) is 10.2 Å². The Hall–Kier alpha value is -2.58. The summed E-state index contributed by atoms with van der Waals surface area (Å²) in [7, 11) is 0. The highest BCUT2D eigenvalue weighted by Gasteiger charge is 2.27. The number of hydrogen-bond donors (Lipinski definition) is 3. The summed E-state index contributed by atoms with van der Waals surface area (Å²) in [6, 6.07) is 8.24. The van der Waals surface area contributed by atoms with Gasteiger partial charge in [0.15, 0.2) is 5.82 Å². The number of aromatic nitrogens is 3. The van der Waals surface area contributed by atoms with Gasteiger partial charge in [0.25, 0.3) is 0 Å². The quantitative estimate of drug-likeness (QED) is 0.195. The van der Waals surface area contributed by atoms with Crippen LogP contribution >= 0.6 is 24.0 Å². The number of H-pyrrole nitrogens is 1. The van der Waals surface area contributed by atoms with Gasteiger partial charge in [-0.25, -0.2) is 0 Å². The van der Waals surface area contributed by atoms with Crippen molar-refractivity contribution in [1.29, 1.82) is 0 Å². The van der Waals surface area contributed by atoms with E-state index in [2.05, 4.69) is 105 Å². The summed E-state index contributed by atoms with van der Waals surface area (Å²) in [5.74, 6) is 2.84. The lowest BCUT2D eigenvalue weighted by Gasteiger charge is -2.28. The third kappa shape index (κ3) is 7.83. The first-order chi connectivity index (χ1) is 18.6. The number of phenols is 2. The molecule has 0 fully saturated rings. The van der Waals surface area contributed by atoms with Crippen LogP contribution in [0.15, 0.2) is 29.4 Å². The molecule has 6 nitrogen and oxygen atoms in total. The average molecular weight is 597 g/mol. The van der Waals surface area contributed by atoms with Crippen LogP contribution in [0.5, 0.6) is 11.5 Å². The van der Waals surface area contributed by atoms with Crippen molar-refractivity contribution in [1.82, 2.24) is 14.9 Å². The molecule has 0 aliphatic heterocycles. The highest BCUT2D eigenvalue weighted by Crippen LogP contribution is 2.41.